The Hall–Kier alpha value is -12.5. The van der Waals surface area contributed by atoms with E-state index in [1.165, 1.54) is 153 Å². The Balaban J connectivity index is 0.000000227. The van der Waals surface area contributed by atoms with Crippen LogP contribution in [0.2, 0.25) is 0 Å². The molecule has 8 aromatic heterocycles. The summed E-state index contributed by atoms with van der Waals surface area (Å²) in [5.74, 6) is -0.417. The van der Waals surface area contributed by atoms with Crippen LogP contribution >= 0.6 is 22.7 Å². The summed E-state index contributed by atoms with van der Waals surface area (Å²) >= 11 is 3.52. The number of rotatable bonds is 11. The number of aryl methyl sites for hydroxylation is 6. The summed E-state index contributed by atoms with van der Waals surface area (Å²) in [5, 5.41) is 35.5. The van der Waals surface area contributed by atoms with Crippen molar-refractivity contribution in [1.82, 2.24) is 34.9 Å². The quantitative estimate of drug-likeness (QED) is 0.0628. The van der Waals surface area contributed by atoms with E-state index in [0.29, 0.717) is 0 Å². The van der Waals surface area contributed by atoms with Crippen molar-refractivity contribution in [3.63, 3.8) is 0 Å². The summed E-state index contributed by atoms with van der Waals surface area (Å²) in [6.07, 6.45) is 12.7. The number of carbonyl (C=O) groups is 3. The molecule has 0 saturated heterocycles. The number of ketones is 3. The van der Waals surface area contributed by atoms with Crippen LogP contribution in [-0.4, -0.2) is 67.6 Å². The molecule has 5 radical (unpaired) electrons. The van der Waals surface area contributed by atoms with E-state index in [2.05, 4.69) is 277 Å². The summed E-state index contributed by atoms with van der Waals surface area (Å²) in [4.78, 5) is 62.7. The Labute approximate surface area is 920 Å². The van der Waals surface area contributed by atoms with Crippen molar-refractivity contribution < 1.29 is 135 Å². The first-order valence-electron chi connectivity index (χ1n) is 45.4. The van der Waals surface area contributed by atoms with Crippen molar-refractivity contribution in [3.8, 4) is 101 Å². The third-order valence-corrected chi connectivity index (χ3v) is 23.9. The molecule has 0 bridgehead atoms. The van der Waals surface area contributed by atoms with Gasteiger partial charge in [-0.1, -0.05) is 181 Å². The van der Waals surface area contributed by atoms with Gasteiger partial charge in [0.1, 0.15) is 5.82 Å². The molecular formula is C123H110FIr5N7O6S2-6. The first-order chi connectivity index (χ1) is 66.7. The number of aliphatic hydroxyl groups is 3. The standard InChI is InChI=1S/C28H27N2.C21H18NS.C18H14N.C17H11FN.C13H8NS.C11H8N.3C5H8O2.5Ir/c1-17-10-18(2)13-23(12-17)27-28(24-14-19(3)11-20(4)15-24)30-25(16-29-27)26-21(5)8-7-9-22(26)6;1-21(2,3)15-10-8-14(9-11-15)19-17-12-13-23-20(17)16-6-4-5-7-18(16)22-19;1-18(2)14-8-4-3-7-13(14)17-16-12(10-11-19-17)6-5-9-15(16)18;18-16-9-6-13(7-10-16)15-8-11-17(19-12-15)14-4-2-1-3-5-14;1-2-4-10(5-3-1)13-11-7-9-15-12(11)6-8-14-13;1-2-6-10(7-3-1)11-8-4-5-9-12-11;3*1-4(6)3-5(2)7;;;;;/h7-12,14-16H,1-6H3;4-8,10-13H,1-3H3;3-6,8-11H,1-2H3;1-4,6-12H;1-4,6-9H;1-6,8-9H;3*3,6H,1-2H3;;;;;/q6*-1;;;;;;;;. The van der Waals surface area contributed by atoms with Gasteiger partial charge in [-0.3, -0.25) is 24.4 Å². The summed E-state index contributed by atoms with van der Waals surface area (Å²) in [6.45, 7) is 32.5. The molecule has 11 aromatic carbocycles. The first kappa shape index (κ1) is 118. The van der Waals surface area contributed by atoms with E-state index in [1.807, 2.05) is 140 Å². The number of allylic oxidation sites excluding steroid dienone is 6. The van der Waals surface area contributed by atoms with Gasteiger partial charge in [-0.15, -0.1) is 236 Å². The van der Waals surface area contributed by atoms with Crippen LogP contribution in [0.3, 0.4) is 0 Å². The number of para-hydroxylation sites is 1. The molecule has 3 N–H and O–H groups in total. The van der Waals surface area contributed by atoms with Crippen LogP contribution in [0.15, 0.2) is 356 Å². The van der Waals surface area contributed by atoms with Gasteiger partial charge in [0.2, 0.25) is 0 Å². The Morgan fingerprint density at radius 3 is 1.49 bits per heavy atom. The maximum Gasteiger partial charge on any atom is 0.155 e. The predicted molar refractivity (Wildman–Crippen MR) is 571 cm³/mol. The molecule has 0 fully saturated rings. The molecule has 0 amide bonds. The van der Waals surface area contributed by atoms with Crippen LogP contribution in [0.5, 0.6) is 0 Å². The third kappa shape index (κ3) is 33.0. The molecule has 13 nitrogen and oxygen atoms in total. The number of pyridine rings is 5. The number of aliphatic hydroxyl groups excluding tert-OH is 3. The predicted octanol–water partition coefficient (Wildman–Crippen LogP) is 31.5. The average molecular weight is 2830 g/mol. The Kier molecular flexibility index (Phi) is 46.6. The molecule has 1 aliphatic carbocycles. The summed E-state index contributed by atoms with van der Waals surface area (Å²) in [6, 6.07) is 113. The van der Waals surface area contributed by atoms with Crippen LogP contribution in [0, 0.1) is 83.8 Å². The van der Waals surface area contributed by atoms with Crippen molar-refractivity contribution in [1.29, 1.82) is 0 Å². The molecule has 8 heterocycles. The molecule has 19 aromatic rings. The molecule has 743 valence electrons. The van der Waals surface area contributed by atoms with E-state index in [-0.39, 0.29) is 152 Å². The first-order valence-corrected chi connectivity index (χ1v) is 47.1. The normalized spacial score (nSPS) is 11.2. The molecule has 0 saturated carbocycles. The van der Waals surface area contributed by atoms with Crippen molar-refractivity contribution in [2.75, 3.05) is 0 Å². The third-order valence-electron chi connectivity index (χ3n) is 22.0. The van der Waals surface area contributed by atoms with Crippen molar-refractivity contribution in [2.24, 2.45) is 0 Å². The van der Waals surface area contributed by atoms with Gasteiger partial charge in [-0.05, 0) is 211 Å². The van der Waals surface area contributed by atoms with E-state index in [9.17, 15) is 18.8 Å². The summed E-state index contributed by atoms with van der Waals surface area (Å²) in [7, 11) is 0. The Bertz CT molecular complexity index is 7390. The van der Waals surface area contributed by atoms with Gasteiger partial charge in [0.05, 0.1) is 34.2 Å². The van der Waals surface area contributed by atoms with E-state index < -0.39 is 0 Å². The zero-order valence-electron chi connectivity index (χ0n) is 82.9. The van der Waals surface area contributed by atoms with E-state index in [1.54, 1.807) is 47.2 Å². The fourth-order valence-corrected chi connectivity index (χ4v) is 17.6. The zero-order valence-corrected chi connectivity index (χ0v) is 96.5. The number of halogens is 1. The van der Waals surface area contributed by atoms with E-state index >= 15 is 0 Å². The van der Waals surface area contributed by atoms with Gasteiger partial charge in [0.25, 0.3) is 0 Å². The summed E-state index contributed by atoms with van der Waals surface area (Å²) in [5.41, 5.74) is 30.4. The Morgan fingerprint density at radius 2 is 0.938 bits per heavy atom. The molecule has 0 aliphatic heterocycles. The maximum atomic E-state index is 12.9. The largest absolute Gasteiger partial charge is 0.512 e. The number of hydrogen-bond donors (Lipinski definition) is 3. The van der Waals surface area contributed by atoms with Crippen LogP contribution in [0.1, 0.15) is 126 Å². The van der Waals surface area contributed by atoms with Crippen LogP contribution in [0.25, 0.3) is 143 Å². The average Bonchev–Trinajstić information content (AvgIpc) is 0.835. The number of nitrogens with zero attached hydrogens (tertiary/aromatic N) is 7. The van der Waals surface area contributed by atoms with Crippen LogP contribution < -0.4 is 0 Å². The zero-order chi connectivity index (χ0) is 99.5. The van der Waals surface area contributed by atoms with Gasteiger partial charge in [0, 0.05) is 176 Å². The smallest absolute Gasteiger partial charge is 0.155 e. The van der Waals surface area contributed by atoms with Gasteiger partial charge >= 0.3 is 0 Å². The number of thiophene rings is 2. The topological polar surface area (TPSA) is 202 Å². The van der Waals surface area contributed by atoms with Gasteiger partial charge in [0.15, 0.2) is 17.3 Å². The molecular weight excluding hydrogens is 2720 g/mol. The van der Waals surface area contributed by atoms with Crippen LogP contribution in [0.4, 0.5) is 4.39 Å². The molecule has 144 heavy (non-hydrogen) atoms. The second-order valence-electron chi connectivity index (χ2n) is 35.0. The van der Waals surface area contributed by atoms with Crippen LogP contribution in [-0.2, 0) is 126 Å². The minimum atomic E-state index is -0.229. The molecule has 1 aliphatic rings. The number of aromatic nitrogens is 7. The minimum Gasteiger partial charge on any atom is -0.512 e. The number of benzene rings is 11. The number of fused-ring (bicyclic) bond motifs is 6. The second-order valence-corrected chi connectivity index (χ2v) is 36.9. The summed E-state index contributed by atoms with van der Waals surface area (Å²) < 4.78 is 15.4. The molecule has 0 unspecified atom stereocenters. The SMILES string of the molecule is CC(=O)C=C(C)O.CC(=O)C=C(C)O.CC(=O)C=C(C)O.CC(C)(C)c1c[c-]c(-c2nc3ccccc3c3sccc23)cc1.CC1(C)c2ccc[c-]c2-c2nccc3cccc1c23.Cc1[c-]c(-c2ncc(-c3c(C)cccc3C)nc2-c2cc(C)cc(C)c2)cc(C)c1.Fc1ccc(-c2ccc(-c3[c-]cccc3)nc2)cc1.[Ir].[Ir].[Ir].[Ir].[Ir].[c-]1ccccc1-c1ccccn1.[c-]1ccccc1-c1nccc2sccc12. The molecule has 0 atom stereocenters. The Morgan fingerprint density at radius 1 is 0.396 bits per heavy atom. The molecule has 20 rings (SSSR count). The maximum absolute atomic E-state index is 12.9. The monoisotopic (exact) mass is 2830 g/mol. The van der Waals surface area contributed by atoms with Gasteiger partial charge < -0.3 is 40.2 Å². The van der Waals surface area contributed by atoms with Gasteiger partial charge in [-0.25, -0.2) is 4.39 Å². The van der Waals surface area contributed by atoms with Gasteiger partial charge in [-0.2, -0.15) is 0 Å². The number of hydrogen-bond acceptors (Lipinski definition) is 15. The number of carbonyl (C=O) groups excluding carboxylic acids is 3. The second kappa shape index (κ2) is 56.7. The minimum absolute atomic E-state index is 0. The van der Waals surface area contributed by atoms with Crippen molar-refractivity contribution in [2.45, 2.75) is 129 Å². The van der Waals surface area contributed by atoms with Crippen molar-refractivity contribution >= 4 is 81.9 Å². The molecule has 0 spiro atoms. The fraction of sp³-hybridized carbons (Fsp3) is 0.154. The fourth-order valence-electron chi connectivity index (χ4n) is 15.9. The van der Waals surface area contributed by atoms with E-state index in [0.717, 1.165) is 112 Å². The van der Waals surface area contributed by atoms with E-state index in [4.69, 9.17) is 30.3 Å². The van der Waals surface area contributed by atoms with Crippen molar-refractivity contribution in [3.05, 3.63) is 449 Å². The molecule has 21 heteroatoms.